The van der Waals surface area contributed by atoms with E-state index >= 15 is 0 Å². The molecule has 0 radical (unpaired) electrons. The lowest BCUT2D eigenvalue weighted by atomic mass is 9.99. The van der Waals surface area contributed by atoms with Crippen molar-refractivity contribution < 1.29 is 9.53 Å². The van der Waals surface area contributed by atoms with Gasteiger partial charge in [0.15, 0.2) is 0 Å². The highest BCUT2D eigenvalue weighted by Gasteiger charge is 2.40. The van der Waals surface area contributed by atoms with Gasteiger partial charge in [0.1, 0.15) is 0 Å². The van der Waals surface area contributed by atoms with Crippen LogP contribution in [0, 0.1) is 0 Å². The third kappa shape index (κ3) is 2.01. The van der Waals surface area contributed by atoms with Crippen molar-refractivity contribution in [2.45, 2.75) is 37.8 Å². The molecule has 86 valence electrons. The molecule has 2 aliphatic heterocycles. The number of likely N-dealkylation sites (tertiary alicyclic amines) is 1. The fraction of sp³-hybridized carbons (Fsp3) is 0.909. The van der Waals surface area contributed by atoms with Gasteiger partial charge in [-0.3, -0.25) is 4.79 Å². The summed E-state index contributed by atoms with van der Waals surface area (Å²) < 4.78 is 5.27. The second-order valence-corrected chi connectivity index (χ2v) is 4.76. The highest BCUT2D eigenvalue weighted by atomic mass is 16.5. The largest absolute Gasteiger partial charge is 0.380 e. The number of nitrogens with zero attached hydrogens (tertiary/aromatic N) is 1. The van der Waals surface area contributed by atoms with Crippen molar-refractivity contribution >= 4 is 5.91 Å². The minimum absolute atomic E-state index is 0.235. The third-order valence-corrected chi connectivity index (χ3v) is 3.61. The average Bonchev–Trinajstić information content (AvgIpc) is 2.85. The minimum Gasteiger partial charge on any atom is -0.380 e. The Balaban J connectivity index is 1.96. The maximum atomic E-state index is 12.2. The molecule has 0 aromatic heterocycles. The van der Waals surface area contributed by atoms with Crippen LogP contribution in [0.2, 0.25) is 0 Å². The fourth-order valence-corrected chi connectivity index (χ4v) is 2.53. The molecule has 0 aromatic carbocycles. The lowest BCUT2D eigenvalue weighted by molar-refractivity contribution is -0.136. The quantitative estimate of drug-likeness (QED) is 0.719. The van der Waals surface area contributed by atoms with E-state index < -0.39 is 0 Å². The summed E-state index contributed by atoms with van der Waals surface area (Å²) >= 11 is 0. The number of nitrogens with one attached hydrogen (secondary N) is 1. The van der Waals surface area contributed by atoms with E-state index in [2.05, 4.69) is 5.32 Å². The van der Waals surface area contributed by atoms with Gasteiger partial charge in [0.2, 0.25) is 5.91 Å². The lowest BCUT2D eigenvalue weighted by Gasteiger charge is -2.29. The molecule has 2 aliphatic rings. The van der Waals surface area contributed by atoms with E-state index in [0.29, 0.717) is 0 Å². The number of ether oxygens (including phenoxy) is 1. The van der Waals surface area contributed by atoms with Gasteiger partial charge in [0, 0.05) is 20.2 Å². The average molecular weight is 212 g/mol. The molecule has 2 unspecified atom stereocenters. The molecule has 2 saturated heterocycles. The molecule has 0 aliphatic carbocycles. The molecule has 4 heteroatoms. The first kappa shape index (κ1) is 10.9. The maximum absolute atomic E-state index is 12.2. The Morgan fingerprint density at radius 1 is 1.60 bits per heavy atom. The Labute approximate surface area is 91.0 Å². The van der Waals surface area contributed by atoms with Crippen molar-refractivity contribution in [2.75, 3.05) is 26.7 Å². The molecule has 2 rings (SSSR count). The molecule has 0 saturated carbocycles. The van der Waals surface area contributed by atoms with Crippen LogP contribution in [0.1, 0.15) is 26.2 Å². The van der Waals surface area contributed by atoms with Crippen LogP contribution in [0.25, 0.3) is 0 Å². The third-order valence-electron chi connectivity index (χ3n) is 3.61. The van der Waals surface area contributed by atoms with Crippen molar-refractivity contribution in [3.8, 4) is 0 Å². The van der Waals surface area contributed by atoms with Gasteiger partial charge in [-0.2, -0.15) is 0 Å². The zero-order valence-corrected chi connectivity index (χ0v) is 9.58. The predicted molar refractivity (Wildman–Crippen MR) is 57.6 cm³/mol. The summed E-state index contributed by atoms with van der Waals surface area (Å²) in [6.45, 7) is 4.58. The van der Waals surface area contributed by atoms with Crippen molar-refractivity contribution in [1.82, 2.24) is 10.2 Å². The van der Waals surface area contributed by atoms with Crippen LogP contribution in [0.5, 0.6) is 0 Å². The van der Waals surface area contributed by atoms with Gasteiger partial charge in [-0.15, -0.1) is 0 Å². The molecule has 4 nitrogen and oxygen atoms in total. The molecule has 2 fully saturated rings. The zero-order chi connectivity index (χ0) is 10.9. The highest BCUT2D eigenvalue weighted by Crippen LogP contribution is 2.24. The van der Waals surface area contributed by atoms with E-state index in [1.165, 1.54) is 0 Å². The second-order valence-electron chi connectivity index (χ2n) is 4.76. The van der Waals surface area contributed by atoms with E-state index in [-0.39, 0.29) is 17.6 Å². The van der Waals surface area contributed by atoms with Crippen LogP contribution in [0.3, 0.4) is 0 Å². The second kappa shape index (κ2) is 4.10. The molecule has 1 N–H and O–H groups in total. The molecule has 2 atom stereocenters. The van der Waals surface area contributed by atoms with Crippen LogP contribution in [-0.2, 0) is 9.53 Å². The number of rotatable bonds is 2. The van der Waals surface area contributed by atoms with Crippen molar-refractivity contribution in [3.05, 3.63) is 0 Å². The smallest absolute Gasteiger partial charge is 0.242 e. The van der Waals surface area contributed by atoms with E-state index in [0.717, 1.165) is 38.9 Å². The Bertz CT molecular complexity index is 249. The van der Waals surface area contributed by atoms with E-state index in [1.807, 2.05) is 11.8 Å². The Morgan fingerprint density at radius 2 is 2.40 bits per heavy atom. The van der Waals surface area contributed by atoms with E-state index in [1.54, 1.807) is 7.11 Å². The van der Waals surface area contributed by atoms with Crippen molar-refractivity contribution in [3.63, 3.8) is 0 Å². The number of methoxy groups -OCH3 is 1. The fourth-order valence-electron chi connectivity index (χ4n) is 2.53. The molecule has 0 bridgehead atoms. The predicted octanol–water partition coefficient (Wildman–Crippen LogP) is 0.376. The number of hydrogen-bond acceptors (Lipinski definition) is 3. The van der Waals surface area contributed by atoms with Gasteiger partial charge in [-0.25, -0.2) is 0 Å². The Kier molecular flexibility index (Phi) is 2.98. The van der Waals surface area contributed by atoms with Gasteiger partial charge in [0.25, 0.3) is 0 Å². The van der Waals surface area contributed by atoms with Gasteiger partial charge in [0.05, 0.1) is 11.6 Å². The van der Waals surface area contributed by atoms with Gasteiger partial charge < -0.3 is 15.0 Å². The molecular formula is C11H20N2O2. The Morgan fingerprint density at radius 3 is 2.93 bits per heavy atom. The molecular weight excluding hydrogens is 192 g/mol. The highest BCUT2D eigenvalue weighted by molar-refractivity contribution is 5.86. The molecule has 2 heterocycles. The summed E-state index contributed by atoms with van der Waals surface area (Å²) in [4.78, 5) is 14.2. The molecule has 0 spiro atoms. The van der Waals surface area contributed by atoms with Gasteiger partial charge >= 0.3 is 0 Å². The summed E-state index contributed by atoms with van der Waals surface area (Å²) in [6, 6.07) is 0. The van der Waals surface area contributed by atoms with Crippen LogP contribution in [0.15, 0.2) is 0 Å². The molecule has 1 amide bonds. The zero-order valence-electron chi connectivity index (χ0n) is 9.58. The number of carbonyl (C=O) groups excluding carboxylic acids is 1. The van der Waals surface area contributed by atoms with Crippen molar-refractivity contribution in [2.24, 2.45) is 0 Å². The standard InChI is InChI=1S/C11H20N2O2/c1-11(5-3-6-12-11)10(14)13-7-4-9(8-13)15-2/h9,12H,3-8H2,1-2H3. The summed E-state index contributed by atoms with van der Waals surface area (Å²) in [5.74, 6) is 0.250. The summed E-state index contributed by atoms with van der Waals surface area (Å²) in [5, 5.41) is 3.31. The normalized spacial score (nSPS) is 36.1. The van der Waals surface area contributed by atoms with Crippen molar-refractivity contribution in [1.29, 1.82) is 0 Å². The topological polar surface area (TPSA) is 41.6 Å². The Hall–Kier alpha value is -0.610. The monoisotopic (exact) mass is 212 g/mol. The lowest BCUT2D eigenvalue weighted by Crippen LogP contribution is -2.52. The van der Waals surface area contributed by atoms with Gasteiger partial charge in [-0.05, 0) is 32.7 Å². The van der Waals surface area contributed by atoms with Crippen LogP contribution >= 0.6 is 0 Å². The SMILES string of the molecule is COC1CCN(C(=O)C2(C)CCCN2)C1. The first-order valence-electron chi connectivity index (χ1n) is 5.73. The van der Waals surface area contributed by atoms with Crippen LogP contribution < -0.4 is 5.32 Å². The van der Waals surface area contributed by atoms with Crippen LogP contribution in [0.4, 0.5) is 0 Å². The first-order chi connectivity index (χ1) is 7.15. The first-order valence-corrected chi connectivity index (χ1v) is 5.73. The summed E-state index contributed by atoms with van der Waals surface area (Å²) in [6.07, 6.45) is 3.26. The summed E-state index contributed by atoms with van der Waals surface area (Å²) in [5.41, 5.74) is -0.317. The summed E-state index contributed by atoms with van der Waals surface area (Å²) in [7, 11) is 1.72. The number of amides is 1. The van der Waals surface area contributed by atoms with Gasteiger partial charge in [-0.1, -0.05) is 0 Å². The van der Waals surface area contributed by atoms with E-state index in [9.17, 15) is 4.79 Å². The minimum atomic E-state index is -0.317. The van der Waals surface area contributed by atoms with Crippen LogP contribution in [-0.4, -0.2) is 49.2 Å². The van der Waals surface area contributed by atoms with E-state index in [4.69, 9.17) is 4.74 Å². The number of carbonyl (C=O) groups is 1. The molecule has 15 heavy (non-hydrogen) atoms. The number of hydrogen-bond donors (Lipinski definition) is 1. The maximum Gasteiger partial charge on any atom is 0.242 e. The molecule has 0 aromatic rings.